The summed E-state index contributed by atoms with van der Waals surface area (Å²) in [5.74, 6) is 2.80. The number of nitrogens with zero attached hydrogens (tertiary/aromatic N) is 4. The number of nitrogens with one attached hydrogen (secondary N) is 2. The first-order chi connectivity index (χ1) is 13.8. The summed E-state index contributed by atoms with van der Waals surface area (Å²) in [4.78, 5) is 4.77. The van der Waals surface area contributed by atoms with Crippen LogP contribution in [0.3, 0.4) is 0 Å². The molecule has 4 rings (SSSR count). The monoisotopic (exact) mass is 374 g/mol. The summed E-state index contributed by atoms with van der Waals surface area (Å²) in [6, 6.07) is 18.6. The number of fused-ring (bicyclic) bond motifs is 1. The van der Waals surface area contributed by atoms with Crippen LogP contribution in [0.15, 0.2) is 59.6 Å². The lowest BCUT2D eigenvalue weighted by atomic mass is 10.1. The molecule has 0 amide bonds. The van der Waals surface area contributed by atoms with E-state index in [9.17, 15) is 0 Å². The Morgan fingerprint density at radius 1 is 1.04 bits per heavy atom. The molecular formula is C22H26N6. The van der Waals surface area contributed by atoms with Crippen molar-refractivity contribution >= 4 is 11.6 Å². The summed E-state index contributed by atoms with van der Waals surface area (Å²) in [5, 5.41) is 15.5. The van der Waals surface area contributed by atoms with Gasteiger partial charge in [0.25, 0.3) is 0 Å². The van der Waals surface area contributed by atoms with Crippen LogP contribution in [-0.4, -0.2) is 20.7 Å². The predicted octanol–water partition coefficient (Wildman–Crippen LogP) is 3.68. The molecule has 1 aromatic heterocycles. The molecule has 2 aromatic carbocycles. The van der Waals surface area contributed by atoms with Gasteiger partial charge in [-0.1, -0.05) is 48.0 Å². The maximum absolute atomic E-state index is 4.77. The van der Waals surface area contributed by atoms with Crippen molar-refractivity contribution in [3.05, 3.63) is 77.4 Å². The number of para-hydroxylation sites is 1. The van der Waals surface area contributed by atoms with Crippen molar-refractivity contribution in [1.82, 2.24) is 20.1 Å². The molecule has 1 aliphatic heterocycles. The number of aliphatic imine (C=N–C) groups is 1. The molecule has 0 unspecified atom stereocenters. The molecule has 2 N–H and O–H groups in total. The number of aryl methyl sites for hydroxylation is 2. The minimum atomic E-state index is 0.597. The lowest BCUT2D eigenvalue weighted by molar-refractivity contribution is 0.505. The molecule has 6 heteroatoms. The zero-order valence-corrected chi connectivity index (χ0v) is 16.2. The molecule has 0 fully saturated rings. The summed E-state index contributed by atoms with van der Waals surface area (Å²) in [6.45, 7) is 4.30. The van der Waals surface area contributed by atoms with E-state index in [1.165, 1.54) is 24.0 Å². The Bertz CT molecular complexity index is 927. The van der Waals surface area contributed by atoms with Gasteiger partial charge < -0.3 is 15.2 Å². The molecule has 0 atom stereocenters. The summed E-state index contributed by atoms with van der Waals surface area (Å²) in [6.07, 6.45) is 3.41. The third-order valence-corrected chi connectivity index (χ3v) is 4.93. The Balaban J connectivity index is 1.48. The highest BCUT2D eigenvalue weighted by Crippen LogP contribution is 2.14. The van der Waals surface area contributed by atoms with Crippen LogP contribution in [0.5, 0.6) is 0 Å². The van der Waals surface area contributed by atoms with Crippen LogP contribution < -0.4 is 10.6 Å². The highest BCUT2D eigenvalue weighted by molar-refractivity contribution is 5.93. The van der Waals surface area contributed by atoms with Gasteiger partial charge in [0, 0.05) is 18.7 Å². The van der Waals surface area contributed by atoms with Crippen molar-refractivity contribution in [3.63, 3.8) is 0 Å². The normalized spacial score (nSPS) is 13.8. The number of aromatic nitrogens is 3. The maximum Gasteiger partial charge on any atom is 0.196 e. The Morgan fingerprint density at radius 2 is 1.86 bits per heavy atom. The molecule has 0 radical (unpaired) electrons. The zero-order valence-electron chi connectivity index (χ0n) is 16.2. The summed E-state index contributed by atoms with van der Waals surface area (Å²) >= 11 is 0. The van der Waals surface area contributed by atoms with Gasteiger partial charge >= 0.3 is 0 Å². The van der Waals surface area contributed by atoms with Gasteiger partial charge in [0.1, 0.15) is 5.82 Å². The van der Waals surface area contributed by atoms with Gasteiger partial charge in [-0.3, -0.25) is 0 Å². The smallest absolute Gasteiger partial charge is 0.196 e. The minimum Gasteiger partial charge on any atom is -0.349 e. The maximum atomic E-state index is 4.77. The van der Waals surface area contributed by atoms with E-state index < -0.39 is 0 Å². The van der Waals surface area contributed by atoms with Gasteiger partial charge in [-0.15, -0.1) is 10.2 Å². The van der Waals surface area contributed by atoms with Gasteiger partial charge in [0.15, 0.2) is 11.8 Å². The second-order valence-corrected chi connectivity index (χ2v) is 7.14. The van der Waals surface area contributed by atoms with Crippen molar-refractivity contribution < 1.29 is 0 Å². The van der Waals surface area contributed by atoms with Crippen LogP contribution in [0.2, 0.25) is 0 Å². The molecule has 6 nitrogen and oxygen atoms in total. The Morgan fingerprint density at radius 3 is 2.68 bits per heavy atom. The van der Waals surface area contributed by atoms with E-state index in [0.29, 0.717) is 13.1 Å². The van der Waals surface area contributed by atoms with Crippen LogP contribution in [-0.2, 0) is 26.1 Å². The third kappa shape index (κ3) is 4.57. The Kier molecular flexibility index (Phi) is 5.66. The first-order valence-corrected chi connectivity index (χ1v) is 9.85. The molecule has 2 heterocycles. The first kappa shape index (κ1) is 18.2. The van der Waals surface area contributed by atoms with Gasteiger partial charge in [-0.2, -0.15) is 0 Å². The van der Waals surface area contributed by atoms with Gasteiger partial charge in [-0.25, -0.2) is 4.99 Å². The van der Waals surface area contributed by atoms with E-state index in [0.717, 1.165) is 36.3 Å². The van der Waals surface area contributed by atoms with Crippen molar-refractivity contribution in [2.24, 2.45) is 4.99 Å². The molecule has 3 aromatic rings. The molecule has 144 valence electrons. The molecule has 0 bridgehead atoms. The van der Waals surface area contributed by atoms with Crippen LogP contribution in [0.1, 0.15) is 35.6 Å². The van der Waals surface area contributed by atoms with E-state index in [4.69, 9.17) is 4.99 Å². The van der Waals surface area contributed by atoms with E-state index in [2.05, 4.69) is 56.6 Å². The molecule has 0 saturated heterocycles. The highest BCUT2D eigenvalue weighted by Gasteiger charge is 2.15. The van der Waals surface area contributed by atoms with E-state index >= 15 is 0 Å². The summed E-state index contributed by atoms with van der Waals surface area (Å²) in [7, 11) is 0. The van der Waals surface area contributed by atoms with Crippen LogP contribution in [0.25, 0.3) is 0 Å². The number of benzene rings is 2. The average Bonchev–Trinajstić information content (AvgIpc) is 3.15. The van der Waals surface area contributed by atoms with Crippen molar-refractivity contribution in [3.8, 4) is 0 Å². The van der Waals surface area contributed by atoms with E-state index in [1.807, 2.05) is 30.3 Å². The topological polar surface area (TPSA) is 67.1 Å². The molecule has 0 aliphatic carbocycles. The van der Waals surface area contributed by atoms with Crippen molar-refractivity contribution in [2.75, 3.05) is 5.32 Å². The zero-order chi connectivity index (χ0) is 19.2. The first-order valence-electron chi connectivity index (χ1n) is 9.85. The SMILES string of the molecule is Cc1ccc(CN=C(NCc2nnc3n2CCCC3)Nc2ccccc2)cc1. The number of rotatable bonds is 5. The number of guanidine groups is 1. The summed E-state index contributed by atoms with van der Waals surface area (Å²) in [5.41, 5.74) is 3.44. The van der Waals surface area contributed by atoms with E-state index in [1.54, 1.807) is 0 Å². The fraction of sp³-hybridized carbons (Fsp3) is 0.318. The second kappa shape index (κ2) is 8.69. The molecule has 0 spiro atoms. The standard InChI is InChI=1S/C22H26N6/c1-17-10-12-18(13-11-17)15-23-22(25-19-7-3-2-4-8-19)24-16-21-27-26-20-9-5-6-14-28(20)21/h2-4,7-8,10-13H,5-6,9,14-16H2,1H3,(H2,23,24,25). The van der Waals surface area contributed by atoms with Gasteiger partial charge in [0.2, 0.25) is 0 Å². The van der Waals surface area contributed by atoms with Crippen LogP contribution in [0.4, 0.5) is 5.69 Å². The van der Waals surface area contributed by atoms with Gasteiger partial charge in [0.05, 0.1) is 13.1 Å². The van der Waals surface area contributed by atoms with Crippen LogP contribution >= 0.6 is 0 Å². The largest absolute Gasteiger partial charge is 0.349 e. The lowest BCUT2D eigenvalue weighted by Crippen LogP contribution is -2.32. The quantitative estimate of drug-likeness (QED) is 0.528. The van der Waals surface area contributed by atoms with E-state index in [-0.39, 0.29) is 0 Å². The Hall–Kier alpha value is -3.15. The average molecular weight is 374 g/mol. The molecule has 0 saturated carbocycles. The summed E-state index contributed by atoms with van der Waals surface area (Å²) < 4.78 is 2.23. The lowest BCUT2D eigenvalue weighted by Gasteiger charge is -2.16. The number of hydrogen-bond donors (Lipinski definition) is 2. The fourth-order valence-corrected chi connectivity index (χ4v) is 3.32. The third-order valence-electron chi connectivity index (χ3n) is 4.93. The molecule has 28 heavy (non-hydrogen) atoms. The number of hydrogen-bond acceptors (Lipinski definition) is 3. The second-order valence-electron chi connectivity index (χ2n) is 7.14. The Labute approximate surface area is 165 Å². The highest BCUT2D eigenvalue weighted by atomic mass is 15.3. The van der Waals surface area contributed by atoms with Crippen LogP contribution in [0, 0.1) is 6.92 Å². The van der Waals surface area contributed by atoms with Crippen molar-refractivity contribution in [1.29, 1.82) is 0 Å². The predicted molar refractivity (Wildman–Crippen MR) is 112 cm³/mol. The fourth-order valence-electron chi connectivity index (χ4n) is 3.32. The molecule has 1 aliphatic rings. The number of anilines is 1. The van der Waals surface area contributed by atoms with Crippen molar-refractivity contribution in [2.45, 2.75) is 45.8 Å². The molecular weight excluding hydrogens is 348 g/mol. The van der Waals surface area contributed by atoms with Gasteiger partial charge in [-0.05, 0) is 37.5 Å². The minimum absolute atomic E-state index is 0.597.